The van der Waals surface area contributed by atoms with E-state index in [0.717, 1.165) is 11.0 Å². The van der Waals surface area contributed by atoms with Gasteiger partial charge < -0.3 is 4.74 Å². The van der Waals surface area contributed by atoms with Crippen LogP contribution in [0.5, 0.6) is 5.75 Å². The number of fused-ring (bicyclic) bond motifs is 1. The van der Waals surface area contributed by atoms with Crippen molar-refractivity contribution in [2.24, 2.45) is 5.10 Å². The molecule has 0 saturated heterocycles. The van der Waals surface area contributed by atoms with E-state index in [1.807, 2.05) is 24.3 Å². The molecule has 0 radical (unpaired) electrons. The van der Waals surface area contributed by atoms with Crippen LogP contribution in [0.15, 0.2) is 59.8 Å². The fraction of sp³-hybridized carbons (Fsp3) is 0.0588. The molecule has 24 heavy (non-hydrogen) atoms. The molecular weight excluding hydrogens is 328 g/mol. The number of rotatable bonds is 5. The Morgan fingerprint density at radius 2 is 1.92 bits per heavy atom. The molecule has 120 valence electrons. The number of aromatic nitrogens is 2. The van der Waals surface area contributed by atoms with Crippen LogP contribution in [0.25, 0.3) is 11.0 Å². The maximum absolute atomic E-state index is 11.7. The largest absolute Gasteiger partial charge is 0.482 e. The van der Waals surface area contributed by atoms with E-state index in [2.05, 4.69) is 20.5 Å². The van der Waals surface area contributed by atoms with Crippen molar-refractivity contribution in [3.63, 3.8) is 0 Å². The third kappa shape index (κ3) is 4.05. The number of carbonyl (C=O) groups excluding carboxylic acids is 1. The van der Waals surface area contributed by atoms with Gasteiger partial charge in [0.2, 0.25) is 0 Å². The zero-order valence-electron chi connectivity index (χ0n) is 12.5. The monoisotopic (exact) mass is 340 g/mol. The molecule has 0 unspecified atom stereocenters. The standard InChI is InChI=1S/C17H13ClN4O2/c18-13-5-1-4-8-16(13)24-11-17(23)22-20-10-12-9-19-14-6-2-3-7-15(14)21-12/h1-10H,11H2,(H,22,23)/b20-10-. The molecule has 1 aromatic heterocycles. The minimum atomic E-state index is -0.403. The molecule has 0 saturated carbocycles. The number of benzene rings is 2. The minimum absolute atomic E-state index is 0.190. The first-order chi connectivity index (χ1) is 11.7. The zero-order chi connectivity index (χ0) is 16.8. The van der Waals surface area contributed by atoms with Crippen LogP contribution in [0.1, 0.15) is 5.69 Å². The fourth-order valence-corrected chi connectivity index (χ4v) is 2.13. The van der Waals surface area contributed by atoms with Gasteiger partial charge in [-0.3, -0.25) is 9.78 Å². The molecular formula is C17H13ClN4O2. The summed E-state index contributed by atoms with van der Waals surface area (Å²) in [5.74, 6) is 0.0404. The third-order valence-electron chi connectivity index (χ3n) is 3.05. The van der Waals surface area contributed by atoms with Crippen LogP contribution >= 0.6 is 11.6 Å². The first kappa shape index (κ1) is 15.9. The summed E-state index contributed by atoms with van der Waals surface area (Å²) in [6, 6.07) is 14.4. The van der Waals surface area contributed by atoms with Gasteiger partial charge in [-0.1, -0.05) is 35.9 Å². The van der Waals surface area contributed by atoms with E-state index in [1.165, 1.54) is 6.21 Å². The lowest BCUT2D eigenvalue weighted by atomic mass is 10.3. The summed E-state index contributed by atoms with van der Waals surface area (Å²) in [6.45, 7) is -0.190. The Hall–Kier alpha value is -2.99. The minimum Gasteiger partial charge on any atom is -0.482 e. The molecule has 1 heterocycles. The third-order valence-corrected chi connectivity index (χ3v) is 3.36. The van der Waals surface area contributed by atoms with Crippen LogP contribution in [0.4, 0.5) is 0 Å². The van der Waals surface area contributed by atoms with Crippen molar-refractivity contribution in [3.8, 4) is 5.75 Å². The van der Waals surface area contributed by atoms with Gasteiger partial charge in [0.05, 0.1) is 28.5 Å². The number of hydrogen-bond donors (Lipinski definition) is 1. The van der Waals surface area contributed by atoms with Crippen LogP contribution in [0, 0.1) is 0 Å². The second kappa shape index (κ2) is 7.52. The van der Waals surface area contributed by atoms with Crippen molar-refractivity contribution in [2.75, 3.05) is 6.61 Å². The molecule has 7 heteroatoms. The van der Waals surface area contributed by atoms with E-state index >= 15 is 0 Å². The van der Waals surface area contributed by atoms with Gasteiger partial charge in [0.25, 0.3) is 5.91 Å². The molecule has 0 fully saturated rings. The highest BCUT2D eigenvalue weighted by Crippen LogP contribution is 2.22. The van der Waals surface area contributed by atoms with Crippen molar-refractivity contribution < 1.29 is 9.53 Å². The highest BCUT2D eigenvalue weighted by Gasteiger charge is 2.04. The van der Waals surface area contributed by atoms with Gasteiger partial charge in [-0.15, -0.1) is 0 Å². The topological polar surface area (TPSA) is 76.5 Å². The predicted molar refractivity (Wildman–Crippen MR) is 92.2 cm³/mol. The summed E-state index contributed by atoms with van der Waals surface area (Å²) >= 11 is 5.94. The van der Waals surface area contributed by atoms with Crippen LogP contribution in [0.2, 0.25) is 5.02 Å². The summed E-state index contributed by atoms with van der Waals surface area (Å²) in [6.07, 6.45) is 3.01. The molecule has 0 atom stereocenters. The molecule has 0 aliphatic carbocycles. The van der Waals surface area contributed by atoms with Crippen molar-refractivity contribution >= 4 is 34.8 Å². The second-order valence-corrected chi connectivity index (χ2v) is 5.20. The summed E-state index contributed by atoms with van der Waals surface area (Å²) in [5, 5.41) is 4.29. The second-order valence-electron chi connectivity index (χ2n) is 4.80. The van der Waals surface area contributed by atoms with Crippen molar-refractivity contribution in [1.29, 1.82) is 0 Å². The number of ether oxygens (including phenoxy) is 1. The van der Waals surface area contributed by atoms with Crippen LogP contribution < -0.4 is 10.2 Å². The zero-order valence-corrected chi connectivity index (χ0v) is 13.3. The van der Waals surface area contributed by atoms with Crippen molar-refractivity contribution in [3.05, 3.63) is 65.4 Å². The van der Waals surface area contributed by atoms with Gasteiger partial charge in [0.15, 0.2) is 6.61 Å². The number of carbonyl (C=O) groups is 1. The number of nitrogens with zero attached hydrogens (tertiary/aromatic N) is 3. The van der Waals surface area contributed by atoms with E-state index in [1.54, 1.807) is 30.5 Å². The van der Waals surface area contributed by atoms with Gasteiger partial charge in [0, 0.05) is 0 Å². The highest BCUT2D eigenvalue weighted by atomic mass is 35.5. The molecule has 0 bridgehead atoms. The van der Waals surface area contributed by atoms with Gasteiger partial charge in [-0.2, -0.15) is 5.10 Å². The molecule has 0 spiro atoms. The summed E-state index contributed by atoms with van der Waals surface area (Å²) < 4.78 is 5.31. The van der Waals surface area contributed by atoms with Gasteiger partial charge >= 0.3 is 0 Å². The lowest BCUT2D eigenvalue weighted by molar-refractivity contribution is -0.123. The average Bonchev–Trinajstić information content (AvgIpc) is 2.61. The van der Waals surface area contributed by atoms with Crippen LogP contribution in [-0.4, -0.2) is 28.7 Å². The summed E-state index contributed by atoms with van der Waals surface area (Å²) in [7, 11) is 0. The van der Waals surface area contributed by atoms with Gasteiger partial charge in [0.1, 0.15) is 11.4 Å². The average molecular weight is 341 g/mol. The SMILES string of the molecule is O=C(COc1ccccc1Cl)N/N=C\c1cnc2ccccc2n1. The summed E-state index contributed by atoms with van der Waals surface area (Å²) in [4.78, 5) is 20.3. The van der Waals surface area contributed by atoms with Crippen LogP contribution in [0.3, 0.4) is 0 Å². The van der Waals surface area contributed by atoms with E-state index in [0.29, 0.717) is 16.5 Å². The number of hydrazone groups is 1. The smallest absolute Gasteiger partial charge is 0.277 e. The molecule has 0 aliphatic heterocycles. The van der Waals surface area contributed by atoms with Crippen molar-refractivity contribution in [1.82, 2.24) is 15.4 Å². The molecule has 1 N–H and O–H groups in total. The first-order valence-corrected chi connectivity index (χ1v) is 7.51. The number of halogens is 1. The Morgan fingerprint density at radius 3 is 2.75 bits per heavy atom. The fourth-order valence-electron chi connectivity index (χ4n) is 1.94. The number of para-hydroxylation sites is 3. The lowest BCUT2D eigenvalue weighted by Gasteiger charge is -2.06. The molecule has 3 rings (SSSR count). The van der Waals surface area contributed by atoms with Crippen LogP contribution in [-0.2, 0) is 4.79 Å². The number of amides is 1. The molecule has 1 amide bonds. The lowest BCUT2D eigenvalue weighted by Crippen LogP contribution is -2.24. The predicted octanol–water partition coefficient (Wildman–Crippen LogP) is 2.81. The van der Waals surface area contributed by atoms with Gasteiger partial charge in [-0.05, 0) is 24.3 Å². The number of hydrogen-bond acceptors (Lipinski definition) is 5. The maximum atomic E-state index is 11.7. The number of nitrogens with one attached hydrogen (secondary N) is 1. The quantitative estimate of drug-likeness (QED) is 0.572. The van der Waals surface area contributed by atoms with E-state index in [-0.39, 0.29) is 6.61 Å². The van der Waals surface area contributed by atoms with Crippen molar-refractivity contribution in [2.45, 2.75) is 0 Å². The Bertz CT molecular complexity index is 898. The molecule has 2 aromatic carbocycles. The van der Waals surface area contributed by atoms with Gasteiger partial charge in [-0.25, -0.2) is 10.4 Å². The van der Waals surface area contributed by atoms with E-state index < -0.39 is 5.91 Å². The maximum Gasteiger partial charge on any atom is 0.277 e. The normalized spacial score (nSPS) is 10.9. The summed E-state index contributed by atoms with van der Waals surface area (Å²) in [5.41, 5.74) is 4.46. The first-order valence-electron chi connectivity index (χ1n) is 7.13. The Kier molecular flexibility index (Phi) is 4.98. The highest BCUT2D eigenvalue weighted by molar-refractivity contribution is 6.32. The Morgan fingerprint density at radius 1 is 1.17 bits per heavy atom. The Balaban J connectivity index is 1.55. The molecule has 3 aromatic rings. The Labute approximate surface area is 143 Å². The molecule has 0 aliphatic rings. The van der Waals surface area contributed by atoms with E-state index in [4.69, 9.17) is 16.3 Å². The molecule has 6 nitrogen and oxygen atoms in total. The van der Waals surface area contributed by atoms with E-state index in [9.17, 15) is 4.79 Å².